The molecule has 1 aromatic carbocycles. The molecule has 0 heterocycles. The standard InChI is InChI=1S/C12H18BrNO/c1-7-5-10(13)11(15)9(8(7)2)6-12(3,4)14/h5,15H,6,14H2,1-4H3. The van der Waals surface area contributed by atoms with Gasteiger partial charge in [0.1, 0.15) is 5.75 Å². The van der Waals surface area contributed by atoms with Crippen molar-refractivity contribution in [3.05, 3.63) is 27.2 Å². The molecule has 3 N–H and O–H groups in total. The molecule has 1 rings (SSSR count). The van der Waals surface area contributed by atoms with E-state index in [1.165, 1.54) is 5.56 Å². The first-order valence-corrected chi connectivity index (χ1v) is 5.78. The maximum Gasteiger partial charge on any atom is 0.133 e. The summed E-state index contributed by atoms with van der Waals surface area (Å²) in [4.78, 5) is 0. The Morgan fingerprint density at radius 3 is 2.40 bits per heavy atom. The lowest BCUT2D eigenvalue weighted by Crippen LogP contribution is -2.34. The second kappa shape index (κ2) is 4.14. The molecule has 0 radical (unpaired) electrons. The normalized spacial score (nSPS) is 11.9. The lowest BCUT2D eigenvalue weighted by atomic mass is 9.91. The van der Waals surface area contributed by atoms with Gasteiger partial charge in [-0.2, -0.15) is 0 Å². The fourth-order valence-corrected chi connectivity index (χ4v) is 2.18. The number of phenolic OH excluding ortho intramolecular Hbond substituents is 1. The highest BCUT2D eigenvalue weighted by molar-refractivity contribution is 9.10. The Bertz CT molecular complexity index is 354. The minimum atomic E-state index is -0.310. The van der Waals surface area contributed by atoms with Crippen LogP contribution < -0.4 is 5.73 Å². The Kier molecular flexibility index (Phi) is 3.46. The lowest BCUT2D eigenvalue weighted by molar-refractivity contribution is 0.445. The molecule has 0 aliphatic heterocycles. The molecule has 0 aliphatic rings. The van der Waals surface area contributed by atoms with Gasteiger partial charge in [0.25, 0.3) is 0 Å². The highest BCUT2D eigenvalue weighted by Crippen LogP contribution is 2.34. The van der Waals surface area contributed by atoms with Crippen molar-refractivity contribution in [2.24, 2.45) is 5.73 Å². The molecular weight excluding hydrogens is 254 g/mol. The summed E-state index contributed by atoms with van der Waals surface area (Å²) in [5.41, 5.74) is 8.89. The predicted molar refractivity (Wildman–Crippen MR) is 67.3 cm³/mol. The summed E-state index contributed by atoms with van der Waals surface area (Å²) in [6.45, 7) is 7.97. The Hall–Kier alpha value is -0.540. The second-order valence-electron chi connectivity index (χ2n) is 4.79. The zero-order valence-electron chi connectivity index (χ0n) is 9.69. The molecule has 0 aliphatic carbocycles. The third-order valence-electron chi connectivity index (χ3n) is 2.53. The summed E-state index contributed by atoms with van der Waals surface area (Å²) < 4.78 is 0.741. The van der Waals surface area contributed by atoms with E-state index in [4.69, 9.17) is 5.73 Å². The molecular formula is C12H18BrNO. The van der Waals surface area contributed by atoms with Crippen molar-refractivity contribution in [2.75, 3.05) is 0 Å². The highest BCUT2D eigenvalue weighted by Gasteiger charge is 2.18. The fraction of sp³-hybridized carbons (Fsp3) is 0.500. The van der Waals surface area contributed by atoms with E-state index >= 15 is 0 Å². The van der Waals surface area contributed by atoms with Gasteiger partial charge in [-0.1, -0.05) is 0 Å². The SMILES string of the molecule is Cc1cc(Br)c(O)c(CC(C)(C)N)c1C. The molecule has 0 bridgehead atoms. The van der Waals surface area contributed by atoms with Crippen molar-refractivity contribution in [3.8, 4) is 5.75 Å². The number of hydrogen-bond acceptors (Lipinski definition) is 2. The minimum Gasteiger partial charge on any atom is -0.506 e. The Labute approximate surface area is 99.6 Å². The molecule has 3 heteroatoms. The van der Waals surface area contributed by atoms with E-state index in [0.29, 0.717) is 12.2 Å². The highest BCUT2D eigenvalue weighted by atomic mass is 79.9. The number of nitrogens with two attached hydrogens (primary N) is 1. The molecule has 0 saturated carbocycles. The molecule has 2 nitrogen and oxygen atoms in total. The predicted octanol–water partition coefficient (Wildman–Crippen LogP) is 3.05. The van der Waals surface area contributed by atoms with Crippen molar-refractivity contribution in [1.82, 2.24) is 0 Å². The summed E-state index contributed by atoms with van der Waals surface area (Å²) in [6.07, 6.45) is 0.672. The van der Waals surface area contributed by atoms with Crippen LogP contribution in [-0.2, 0) is 6.42 Å². The van der Waals surface area contributed by atoms with E-state index in [9.17, 15) is 5.11 Å². The van der Waals surface area contributed by atoms with Crippen LogP contribution in [0.15, 0.2) is 10.5 Å². The summed E-state index contributed by atoms with van der Waals surface area (Å²) in [5, 5.41) is 9.96. The number of rotatable bonds is 2. The topological polar surface area (TPSA) is 46.2 Å². The zero-order valence-corrected chi connectivity index (χ0v) is 11.3. The molecule has 0 unspecified atom stereocenters. The lowest BCUT2D eigenvalue weighted by Gasteiger charge is -2.22. The van der Waals surface area contributed by atoms with Gasteiger partial charge in [-0.25, -0.2) is 0 Å². The average Bonchev–Trinajstić information content (AvgIpc) is 2.08. The first-order valence-electron chi connectivity index (χ1n) is 4.99. The van der Waals surface area contributed by atoms with Crippen molar-refractivity contribution in [3.63, 3.8) is 0 Å². The maximum absolute atomic E-state index is 9.96. The quantitative estimate of drug-likeness (QED) is 0.869. The minimum absolute atomic E-state index is 0.310. The molecule has 0 amide bonds. The van der Waals surface area contributed by atoms with Crippen molar-refractivity contribution in [1.29, 1.82) is 0 Å². The van der Waals surface area contributed by atoms with Crippen LogP contribution in [0.25, 0.3) is 0 Å². The van der Waals surface area contributed by atoms with Crippen LogP contribution in [0.4, 0.5) is 0 Å². The molecule has 0 fully saturated rings. The van der Waals surface area contributed by atoms with Gasteiger partial charge < -0.3 is 10.8 Å². The van der Waals surface area contributed by atoms with Crippen LogP contribution in [0, 0.1) is 13.8 Å². The van der Waals surface area contributed by atoms with E-state index in [0.717, 1.165) is 15.6 Å². The van der Waals surface area contributed by atoms with E-state index < -0.39 is 0 Å². The summed E-state index contributed by atoms with van der Waals surface area (Å²) in [7, 11) is 0. The van der Waals surface area contributed by atoms with Crippen LogP contribution in [0.3, 0.4) is 0 Å². The first-order chi connectivity index (χ1) is 6.72. The van der Waals surface area contributed by atoms with Crippen LogP contribution in [0.1, 0.15) is 30.5 Å². The zero-order chi connectivity index (χ0) is 11.8. The molecule has 0 saturated heterocycles. The molecule has 0 aromatic heterocycles. The average molecular weight is 272 g/mol. The van der Waals surface area contributed by atoms with Crippen LogP contribution >= 0.6 is 15.9 Å². The van der Waals surface area contributed by atoms with Crippen LogP contribution in [0.5, 0.6) is 5.75 Å². The number of aryl methyl sites for hydroxylation is 1. The molecule has 1 aromatic rings. The number of hydrogen-bond donors (Lipinski definition) is 2. The fourth-order valence-electron chi connectivity index (χ4n) is 1.60. The van der Waals surface area contributed by atoms with Gasteiger partial charge >= 0.3 is 0 Å². The monoisotopic (exact) mass is 271 g/mol. The smallest absolute Gasteiger partial charge is 0.133 e. The number of halogens is 1. The van der Waals surface area contributed by atoms with Crippen molar-refractivity contribution < 1.29 is 5.11 Å². The van der Waals surface area contributed by atoms with Crippen LogP contribution in [0.2, 0.25) is 0 Å². The van der Waals surface area contributed by atoms with E-state index in [1.807, 2.05) is 33.8 Å². The molecule has 84 valence electrons. The second-order valence-corrected chi connectivity index (χ2v) is 5.65. The van der Waals surface area contributed by atoms with Gasteiger partial charge in [0.05, 0.1) is 4.47 Å². The number of benzene rings is 1. The molecule has 15 heavy (non-hydrogen) atoms. The molecule has 0 spiro atoms. The number of aromatic hydroxyl groups is 1. The first kappa shape index (κ1) is 12.5. The summed E-state index contributed by atoms with van der Waals surface area (Å²) in [6, 6.07) is 1.93. The van der Waals surface area contributed by atoms with Gasteiger partial charge in [-0.15, -0.1) is 0 Å². The third-order valence-corrected chi connectivity index (χ3v) is 3.14. The van der Waals surface area contributed by atoms with Gasteiger partial charge in [-0.05, 0) is 67.2 Å². The van der Waals surface area contributed by atoms with E-state index in [1.54, 1.807) is 0 Å². The van der Waals surface area contributed by atoms with Crippen molar-refractivity contribution in [2.45, 2.75) is 39.7 Å². The largest absolute Gasteiger partial charge is 0.506 e. The summed E-state index contributed by atoms with van der Waals surface area (Å²) in [5.74, 6) is 0.316. The number of phenols is 1. The maximum atomic E-state index is 9.96. The summed E-state index contributed by atoms with van der Waals surface area (Å²) >= 11 is 3.35. The van der Waals surface area contributed by atoms with Crippen LogP contribution in [-0.4, -0.2) is 10.6 Å². The van der Waals surface area contributed by atoms with Gasteiger partial charge in [0, 0.05) is 11.1 Å². The van der Waals surface area contributed by atoms with E-state index in [-0.39, 0.29) is 5.54 Å². The molecule has 0 atom stereocenters. The Balaban J connectivity index is 3.27. The Morgan fingerprint density at radius 1 is 1.40 bits per heavy atom. The van der Waals surface area contributed by atoms with Crippen molar-refractivity contribution >= 4 is 15.9 Å². The van der Waals surface area contributed by atoms with Gasteiger partial charge in [-0.3, -0.25) is 0 Å². The van der Waals surface area contributed by atoms with Gasteiger partial charge in [0.2, 0.25) is 0 Å². The Morgan fingerprint density at radius 2 is 1.93 bits per heavy atom. The third kappa shape index (κ3) is 2.95. The van der Waals surface area contributed by atoms with Gasteiger partial charge in [0.15, 0.2) is 0 Å². The van der Waals surface area contributed by atoms with E-state index in [2.05, 4.69) is 15.9 Å².